The minimum atomic E-state index is -0.604. The summed E-state index contributed by atoms with van der Waals surface area (Å²) in [4.78, 5) is 24.7. The number of ether oxygens (including phenoxy) is 2. The van der Waals surface area contributed by atoms with Crippen molar-refractivity contribution in [1.29, 1.82) is 0 Å². The zero-order valence-corrected chi connectivity index (χ0v) is 13.4. The van der Waals surface area contributed by atoms with Crippen LogP contribution in [-0.4, -0.2) is 18.9 Å². The van der Waals surface area contributed by atoms with Crippen molar-refractivity contribution in [3.8, 4) is 0 Å². The van der Waals surface area contributed by atoms with Gasteiger partial charge in [-0.25, -0.2) is 4.79 Å². The van der Waals surface area contributed by atoms with Crippen molar-refractivity contribution >= 4 is 23.4 Å². The van der Waals surface area contributed by atoms with E-state index in [1.165, 1.54) is 7.11 Å². The molecule has 23 heavy (non-hydrogen) atoms. The molecule has 120 valence electrons. The van der Waals surface area contributed by atoms with Crippen LogP contribution in [0.1, 0.15) is 30.7 Å². The Morgan fingerprint density at radius 3 is 2.65 bits per heavy atom. The summed E-state index contributed by atoms with van der Waals surface area (Å²) < 4.78 is 10.4. The number of hydrogen-bond donors (Lipinski definition) is 1. The van der Waals surface area contributed by atoms with Gasteiger partial charge in [-0.2, -0.15) is 0 Å². The average molecular weight is 334 g/mol. The molecule has 0 saturated heterocycles. The number of halogens is 1. The van der Waals surface area contributed by atoms with Crippen molar-refractivity contribution in [2.45, 2.75) is 25.2 Å². The van der Waals surface area contributed by atoms with Gasteiger partial charge in [0, 0.05) is 23.4 Å². The van der Waals surface area contributed by atoms with Crippen molar-refractivity contribution in [2.75, 3.05) is 7.11 Å². The third kappa shape index (κ3) is 2.72. The number of ketones is 1. The van der Waals surface area contributed by atoms with Gasteiger partial charge in [0.15, 0.2) is 5.78 Å². The summed E-state index contributed by atoms with van der Waals surface area (Å²) in [5.41, 5.74) is 7.35. The minimum absolute atomic E-state index is 0.00903. The molecule has 2 aliphatic rings. The summed E-state index contributed by atoms with van der Waals surface area (Å²) in [5, 5.41) is 0.571. The molecule has 0 aromatic heterocycles. The maximum Gasteiger partial charge on any atom is 0.340 e. The van der Waals surface area contributed by atoms with Crippen LogP contribution in [-0.2, 0) is 19.1 Å². The molecule has 1 aromatic rings. The van der Waals surface area contributed by atoms with Crippen molar-refractivity contribution in [2.24, 2.45) is 5.73 Å². The van der Waals surface area contributed by atoms with Gasteiger partial charge in [0.1, 0.15) is 11.3 Å². The molecule has 2 N–H and O–H groups in total. The van der Waals surface area contributed by atoms with E-state index in [0.717, 1.165) is 5.56 Å². The number of nitrogens with two attached hydrogens (primary N) is 1. The average Bonchev–Trinajstić information content (AvgIpc) is 2.54. The van der Waals surface area contributed by atoms with Crippen LogP contribution in [0.5, 0.6) is 0 Å². The number of esters is 1. The molecule has 5 nitrogen and oxygen atoms in total. The predicted octanol–water partition coefficient (Wildman–Crippen LogP) is 2.80. The minimum Gasteiger partial charge on any atom is -0.465 e. The van der Waals surface area contributed by atoms with Gasteiger partial charge in [0.25, 0.3) is 0 Å². The van der Waals surface area contributed by atoms with E-state index < -0.39 is 11.9 Å². The Kier molecular flexibility index (Phi) is 4.13. The van der Waals surface area contributed by atoms with Gasteiger partial charge in [-0.3, -0.25) is 4.79 Å². The molecule has 6 heteroatoms. The number of Topliss-reactive ketones (excluding diaryl/α,β-unsaturated/α-hetero) is 1. The van der Waals surface area contributed by atoms with Crippen LogP contribution in [0.3, 0.4) is 0 Å². The van der Waals surface area contributed by atoms with Crippen LogP contribution in [0.2, 0.25) is 5.02 Å². The molecule has 1 aliphatic carbocycles. The van der Waals surface area contributed by atoms with E-state index in [0.29, 0.717) is 35.6 Å². The van der Waals surface area contributed by atoms with E-state index >= 15 is 0 Å². The van der Waals surface area contributed by atoms with Gasteiger partial charge >= 0.3 is 5.97 Å². The lowest BCUT2D eigenvalue weighted by Crippen LogP contribution is -2.31. The molecular weight excluding hydrogens is 318 g/mol. The third-order valence-electron chi connectivity index (χ3n) is 4.09. The van der Waals surface area contributed by atoms with Crippen LogP contribution in [0.15, 0.2) is 47.1 Å². The van der Waals surface area contributed by atoms with Crippen LogP contribution in [0.4, 0.5) is 0 Å². The number of benzene rings is 1. The topological polar surface area (TPSA) is 78.6 Å². The molecule has 1 aliphatic heterocycles. The number of carbonyl (C=O) groups is 2. The number of hydrogen-bond acceptors (Lipinski definition) is 5. The molecule has 1 aromatic carbocycles. The summed E-state index contributed by atoms with van der Waals surface area (Å²) in [5.74, 6) is -0.680. The summed E-state index contributed by atoms with van der Waals surface area (Å²) in [6.45, 7) is 0. The molecule has 1 atom stereocenters. The molecule has 0 spiro atoms. The van der Waals surface area contributed by atoms with Gasteiger partial charge < -0.3 is 15.2 Å². The van der Waals surface area contributed by atoms with Crippen molar-refractivity contribution in [1.82, 2.24) is 0 Å². The molecule has 0 bridgehead atoms. The number of rotatable bonds is 2. The van der Waals surface area contributed by atoms with Crippen LogP contribution in [0, 0.1) is 0 Å². The fourth-order valence-electron chi connectivity index (χ4n) is 3.05. The van der Waals surface area contributed by atoms with Crippen molar-refractivity contribution in [3.05, 3.63) is 57.6 Å². The Morgan fingerprint density at radius 2 is 2.00 bits per heavy atom. The summed E-state index contributed by atoms with van der Waals surface area (Å²) in [7, 11) is 1.27. The van der Waals surface area contributed by atoms with E-state index in [-0.39, 0.29) is 17.2 Å². The summed E-state index contributed by atoms with van der Waals surface area (Å²) in [6.07, 6.45) is 1.77. The zero-order chi connectivity index (χ0) is 16.6. The molecule has 0 saturated carbocycles. The maximum absolute atomic E-state index is 12.5. The number of methoxy groups -OCH3 is 1. The molecule has 0 fully saturated rings. The molecule has 0 amide bonds. The summed E-state index contributed by atoms with van der Waals surface area (Å²) >= 11 is 5.94. The van der Waals surface area contributed by atoms with E-state index in [1.807, 2.05) is 0 Å². The fraction of sp³-hybridized carbons (Fsp3) is 0.294. The Morgan fingerprint density at radius 1 is 1.30 bits per heavy atom. The SMILES string of the molecule is COC(=O)C1=C(N)OC2=C(C(=O)CCC2)[C@H]1c1ccc(Cl)cc1. The van der Waals surface area contributed by atoms with Gasteiger partial charge in [-0.15, -0.1) is 0 Å². The highest BCUT2D eigenvalue weighted by atomic mass is 35.5. The van der Waals surface area contributed by atoms with Crippen molar-refractivity contribution in [3.63, 3.8) is 0 Å². The Bertz CT molecular complexity index is 733. The molecule has 0 radical (unpaired) electrons. The van der Waals surface area contributed by atoms with E-state index in [2.05, 4.69) is 0 Å². The maximum atomic E-state index is 12.5. The molecule has 0 unspecified atom stereocenters. The fourth-order valence-corrected chi connectivity index (χ4v) is 3.18. The predicted molar refractivity (Wildman–Crippen MR) is 84.4 cm³/mol. The molecule has 1 heterocycles. The Hall–Kier alpha value is -2.27. The first kappa shape index (κ1) is 15.6. The monoisotopic (exact) mass is 333 g/mol. The smallest absolute Gasteiger partial charge is 0.340 e. The van der Waals surface area contributed by atoms with Crippen molar-refractivity contribution < 1.29 is 19.1 Å². The van der Waals surface area contributed by atoms with E-state index in [9.17, 15) is 9.59 Å². The zero-order valence-electron chi connectivity index (χ0n) is 12.6. The van der Waals surface area contributed by atoms with Gasteiger partial charge in [0.05, 0.1) is 13.0 Å². The quantitative estimate of drug-likeness (QED) is 0.842. The van der Waals surface area contributed by atoms with Crippen LogP contribution >= 0.6 is 11.6 Å². The first-order chi connectivity index (χ1) is 11.0. The highest BCUT2D eigenvalue weighted by Crippen LogP contribution is 2.44. The first-order valence-corrected chi connectivity index (χ1v) is 7.68. The van der Waals surface area contributed by atoms with Gasteiger partial charge in [0.2, 0.25) is 5.88 Å². The first-order valence-electron chi connectivity index (χ1n) is 7.30. The molecule has 3 rings (SSSR count). The summed E-state index contributed by atoms with van der Waals surface area (Å²) in [6, 6.07) is 6.98. The second kappa shape index (κ2) is 6.08. The standard InChI is InChI=1S/C17H16ClNO4/c1-22-17(21)15-13(9-5-7-10(18)8-6-9)14-11(20)3-2-4-12(14)23-16(15)19/h5-8,13H,2-4,19H2,1H3/t13-/m1/s1. The lowest BCUT2D eigenvalue weighted by Gasteiger charge is -2.32. The van der Waals surface area contributed by atoms with Gasteiger partial charge in [-0.05, 0) is 24.1 Å². The van der Waals surface area contributed by atoms with Crippen LogP contribution in [0.25, 0.3) is 0 Å². The molecular formula is C17H16ClNO4. The lowest BCUT2D eigenvalue weighted by atomic mass is 9.77. The highest BCUT2D eigenvalue weighted by Gasteiger charge is 2.40. The third-order valence-corrected chi connectivity index (χ3v) is 4.35. The van der Waals surface area contributed by atoms with Crippen LogP contribution < -0.4 is 5.73 Å². The second-order valence-electron chi connectivity index (χ2n) is 5.47. The van der Waals surface area contributed by atoms with E-state index in [1.54, 1.807) is 24.3 Å². The normalized spacial score (nSPS) is 21.0. The lowest BCUT2D eigenvalue weighted by molar-refractivity contribution is -0.136. The Labute approximate surface area is 138 Å². The number of carbonyl (C=O) groups excluding carboxylic acids is 2. The largest absolute Gasteiger partial charge is 0.465 e. The van der Waals surface area contributed by atoms with Gasteiger partial charge in [-0.1, -0.05) is 23.7 Å². The Balaban J connectivity index is 2.18. The van der Waals surface area contributed by atoms with E-state index in [4.69, 9.17) is 26.8 Å². The highest BCUT2D eigenvalue weighted by molar-refractivity contribution is 6.30. The number of allylic oxidation sites excluding steroid dienone is 2. The second-order valence-corrected chi connectivity index (χ2v) is 5.91.